The molecule has 24 heavy (non-hydrogen) atoms. The monoisotopic (exact) mass is 336 g/mol. The molecule has 118 valence electrons. The zero-order valence-corrected chi connectivity index (χ0v) is 13.6. The molecule has 0 fully saturated rings. The van der Waals surface area contributed by atoms with Gasteiger partial charge in [0.2, 0.25) is 0 Å². The average Bonchev–Trinajstić information content (AvgIpc) is 2.86. The van der Waals surface area contributed by atoms with Gasteiger partial charge in [-0.05, 0) is 42.0 Å². The van der Waals surface area contributed by atoms with Gasteiger partial charge in [-0.25, -0.2) is 0 Å². The van der Waals surface area contributed by atoms with Crippen molar-refractivity contribution in [3.63, 3.8) is 0 Å². The molecule has 4 heteroatoms. The summed E-state index contributed by atoms with van der Waals surface area (Å²) in [5.74, 6) is 2.77. The van der Waals surface area contributed by atoms with Crippen LogP contribution in [0, 0.1) is 5.92 Å². The van der Waals surface area contributed by atoms with Crippen LogP contribution in [-0.2, 0) is 0 Å². The second-order valence-corrected chi connectivity index (χ2v) is 6.74. The number of carbonyl (C=O) groups is 1. The Morgan fingerprint density at radius 3 is 2.58 bits per heavy atom. The molecular weight excluding hydrogens is 324 g/mol. The molecule has 0 N–H and O–H groups in total. The molecular formula is C20H13ClO3. The van der Waals surface area contributed by atoms with Gasteiger partial charge in [-0.2, -0.15) is 0 Å². The minimum atomic E-state index is -0.0428. The first-order valence-corrected chi connectivity index (χ1v) is 8.26. The number of rotatable bonds is 0. The lowest BCUT2D eigenvalue weighted by Gasteiger charge is -2.32. The highest BCUT2D eigenvalue weighted by Crippen LogP contribution is 2.51. The Morgan fingerprint density at radius 1 is 1.04 bits per heavy atom. The summed E-state index contributed by atoms with van der Waals surface area (Å²) in [6, 6.07) is 13.0. The molecule has 5 rings (SSSR count). The van der Waals surface area contributed by atoms with E-state index < -0.39 is 0 Å². The normalized spacial score (nSPS) is 23.4. The van der Waals surface area contributed by atoms with Gasteiger partial charge < -0.3 is 9.47 Å². The summed E-state index contributed by atoms with van der Waals surface area (Å²) in [5.41, 5.74) is 2.45. The summed E-state index contributed by atoms with van der Waals surface area (Å²) in [6.45, 7) is 2.06. The number of Topliss-reactive ketones (excluding diaryl/α,β-unsaturated/α-hetero) is 1. The summed E-state index contributed by atoms with van der Waals surface area (Å²) in [4.78, 5) is 12.8. The number of para-hydroxylation sites is 2. The lowest BCUT2D eigenvalue weighted by Crippen LogP contribution is -2.25. The number of hydrogen-bond acceptors (Lipinski definition) is 3. The van der Waals surface area contributed by atoms with E-state index in [0.717, 1.165) is 22.5 Å². The lowest BCUT2D eigenvalue weighted by molar-refractivity contribution is 0.103. The first kappa shape index (κ1) is 13.9. The van der Waals surface area contributed by atoms with Crippen molar-refractivity contribution in [2.75, 3.05) is 0 Å². The second kappa shape index (κ2) is 4.74. The van der Waals surface area contributed by atoms with Crippen molar-refractivity contribution in [3.8, 4) is 11.5 Å². The molecule has 0 radical (unpaired) electrons. The molecule has 1 heterocycles. The molecule has 2 aromatic carbocycles. The fraction of sp³-hybridized carbons (Fsp3) is 0.150. The van der Waals surface area contributed by atoms with Crippen molar-refractivity contribution < 1.29 is 14.3 Å². The number of carbonyl (C=O) groups excluding carboxylic acids is 1. The van der Waals surface area contributed by atoms with E-state index in [1.54, 1.807) is 12.1 Å². The molecule has 0 spiro atoms. The van der Waals surface area contributed by atoms with E-state index in [4.69, 9.17) is 21.1 Å². The van der Waals surface area contributed by atoms with Crippen LogP contribution in [0.1, 0.15) is 28.8 Å². The average molecular weight is 337 g/mol. The summed E-state index contributed by atoms with van der Waals surface area (Å²) >= 11 is 6.16. The summed E-state index contributed by atoms with van der Waals surface area (Å²) < 4.78 is 12.1. The van der Waals surface area contributed by atoms with Gasteiger partial charge in [0.15, 0.2) is 28.8 Å². The molecule has 2 aromatic rings. The fourth-order valence-corrected chi connectivity index (χ4v) is 4.00. The molecule has 0 bridgehead atoms. The van der Waals surface area contributed by atoms with Crippen molar-refractivity contribution in [2.24, 2.45) is 5.92 Å². The Kier molecular flexibility index (Phi) is 2.74. The van der Waals surface area contributed by atoms with E-state index in [9.17, 15) is 4.79 Å². The maximum absolute atomic E-state index is 12.8. The van der Waals surface area contributed by atoms with Crippen molar-refractivity contribution in [2.45, 2.75) is 12.8 Å². The van der Waals surface area contributed by atoms with Gasteiger partial charge in [0.05, 0.1) is 0 Å². The molecule has 2 aliphatic carbocycles. The minimum absolute atomic E-state index is 0.00276. The number of fused-ring (bicyclic) bond motifs is 4. The number of ketones is 1. The van der Waals surface area contributed by atoms with Crippen molar-refractivity contribution in [1.82, 2.24) is 0 Å². The Labute approximate surface area is 144 Å². The third kappa shape index (κ3) is 1.76. The largest absolute Gasteiger partial charge is 0.454 e. The van der Waals surface area contributed by atoms with Crippen LogP contribution in [0.2, 0.25) is 5.02 Å². The molecule has 0 saturated heterocycles. The van der Waals surface area contributed by atoms with Crippen LogP contribution in [0.25, 0.3) is 0 Å². The molecule has 1 aliphatic heterocycles. The fourth-order valence-electron chi connectivity index (χ4n) is 3.82. The maximum Gasteiger partial charge on any atom is 0.190 e. The van der Waals surface area contributed by atoms with Gasteiger partial charge in [-0.15, -0.1) is 0 Å². The molecule has 0 saturated carbocycles. The van der Waals surface area contributed by atoms with Crippen LogP contribution in [0.5, 0.6) is 11.5 Å². The van der Waals surface area contributed by atoms with E-state index in [2.05, 4.69) is 6.92 Å². The smallest absolute Gasteiger partial charge is 0.190 e. The molecule has 0 amide bonds. The van der Waals surface area contributed by atoms with E-state index in [-0.39, 0.29) is 17.6 Å². The third-order valence-corrected chi connectivity index (χ3v) is 5.16. The summed E-state index contributed by atoms with van der Waals surface area (Å²) in [7, 11) is 0. The zero-order chi connectivity index (χ0) is 16.4. The van der Waals surface area contributed by atoms with Crippen LogP contribution in [0.4, 0.5) is 0 Å². The van der Waals surface area contributed by atoms with Gasteiger partial charge >= 0.3 is 0 Å². The number of allylic oxidation sites excluding steroid dienone is 3. The zero-order valence-electron chi connectivity index (χ0n) is 12.9. The SMILES string of the molecule is CC1C2=C(C=C3C(=O)c4ccc(Cl)cc4C31)Oc1ccccc1O2. The summed E-state index contributed by atoms with van der Waals surface area (Å²) in [6.07, 6.45) is 1.83. The number of ether oxygens (including phenoxy) is 2. The topological polar surface area (TPSA) is 35.5 Å². The number of benzene rings is 2. The standard InChI is InChI=1S/C20H13ClO3/c1-10-18-13-8-11(21)6-7-12(13)19(22)14(18)9-17-20(10)24-16-5-3-2-4-15(16)23-17/h2-10,18H,1H3. The van der Waals surface area contributed by atoms with E-state index >= 15 is 0 Å². The minimum Gasteiger partial charge on any atom is -0.454 e. The van der Waals surface area contributed by atoms with Gasteiger partial charge in [-0.1, -0.05) is 30.7 Å². The Bertz CT molecular complexity index is 971. The van der Waals surface area contributed by atoms with Crippen molar-refractivity contribution in [1.29, 1.82) is 0 Å². The number of hydrogen-bond donors (Lipinski definition) is 0. The third-order valence-electron chi connectivity index (χ3n) is 4.92. The predicted octanol–water partition coefficient (Wildman–Crippen LogP) is 4.88. The Hall–Kier alpha value is -2.52. The molecule has 0 aromatic heterocycles. The molecule has 3 aliphatic rings. The Morgan fingerprint density at radius 2 is 1.79 bits per heavy atom. The Balaban J connectivity index is 1.65. The highest BCUT2D eigenvalue weighted by Gasteiger charge is 2.44. The highest BCUT2D eigenvalue weighted by atomic mass is 35.5. The van der Waals surface area contributed by atoms with Crippen LogP contribution in [0.15, 0.2) is 65.6 Å². The first-order chi connectivity index (χ1) is 11.6. The predicted molar refractivity (Wildman–Crippen MR) is 90.5 cm³/mol. The van der Waals surface area contributed by atoms with Crippen molar-refractivity contribution in [3.05, 3.63) is 81.8 Å². The number of halogens is 1. The molecule has 3 nitrogen and oxygen atoms in total. The van der Waals surface area contributed by atoms with Crippen LogP contribution < -0.4 is 9.47 Å². The van der Waals surface area contributed by atoms with Gasteiger partial charge in [0.1, 0.15) is 0 Å². The van der Waals surface area contributed by atoms with Crippen molar-refractivity contribution >= 4 is 17.4 Å². The van der Waals surface area contributed by atoms with Crippen LogP contribution >= 0.6 is 11.6 Å². The molecule has 2 unspecified atom stereocenters. The van der Waals surface area contributed by atoms with E-state index in [1.165, 1.54) is 0 Å². The molecule has 2 atom stereocenters. The van der Waals surface area contributed by atoms with E-state index in [0.29, 0.717) is 22.3 Å². The van der Waals surface area contributed by atoms with Crippen LogP contribution in [-0.4, -0.2) is 5.78 Å². The van der Waals surface area contributed by atoms with Gasteiger partial charge in [-0.3, -0.25) is 4.79 Å². The quantitative estimate of drug-likeness (QED) is 0.688. The first-order valence-electron chi connectivity index (χ1n) is 7.88. The van der Waals surface area contributed by atoms with Gasteiger partial charge in [0, 0.05) is 28.0 Å². The van der Waals surface area contributed by atoms with Gasteiger partial charge in [0.25, 0.3) is 0 Å². The highest BCUT2D eigenvalue weighted by molar-refractivity contribution is 6.31. The van der Waals surface area contributed by atoms with E-state index in [1.807, 2.05) is 36.4 Å². The lowest BCUT2D eigenvalue weighted by atomic mass is 9.80. The second-order valence-electron chi connectivity index (χ2n) is 6.31. The summed E-state index contributed by atoms with van der Waals surface area (Å²) in [5, 5.41) is 0.640. The van der Waals surface area contributed by atoms with Crippen LogP contribution in [0.3, 0.4) is 0 Å². The maximum atomic E-state index is 12.8.